The molecular weight excluding hydrogens is 997 g/mol. The van der Waals surface area contributed by atoms with E-state index in [1.54, 1.807) is 31.4 Å². The number of hydrogen-bond acceptors (Lipinski definition) is 13. The lowest BCUT2D eigenvalue weighted by Crippen LogP contribution is -2.75. The standard InChI is InChI=1S/C66H78N2O11/c1-3-39-30-50(40-11-8-13-45(70)28-40)42(31-55(39)72)27-43-29-48(77-47-14-4-5-15-47)33-52-59(73)54(37-76-60(43)52)58-56(16-10-25-74-2)78-61-49-18-17-46(71)32-51(49)57-34-53(61)62(58)79-63-41(36-69)19-22-66(63)44(12-9-26-75-57)35-67-65(68-66)24-23-64(38-65)20-6-7-21-64/h8,11,13,17-18,28-34,41,44,47,54,56,58-59,62-63,67-73H,3-7,10,14-16,19-27,35-38H2,1-2H3. The molecule has 3 spiro atoms. The summed E-state index contributed by atoms with van der Waals surface area (Å²) in [5, 5.41) is 68.0. The third kappa shape index (κ3) is 9.56. The molecule has 5 fully saturated rings. The maximum atomic E-state index is 13.5. The van der Waals surface area contributed by atoms with E-state index in [-0.39, 0.29) is 60.7 Å². The van der Waals surface area contributed by atoms with Crippen molar-refractivity contribution in [1.29, 1.82) is 0 Å². The summed E-state index contributed by atoms with van der Waals surface area (Å²) >= 11 is 0. The van der Waals surface area contributed by atoms with Crippen LogP contribution in [0, 0.1) is 40.9 Å². The Kier molecular flexibility index (Phi) is 14.2. The molecule has 13 nitrogen and oxygen atoms in total. The Bertz CT molecular complexity index is 3160. The Morgan fingerprint density at radius 2 is 1.66 bits per heavy atom. The number of rotatable bonds is 12. The normalized spacial score (nSPS) is 30.5. The number of hydrogen-bond donors (Lipinski definition) is 7. The molecule has 0 aromatic heterocycles. The van der Waals surface area contributed by atoms with E-state index in [1.165, 1.54) is 32.1 Å². The van der Waals surface area contributed by atoms with Crippen LogP contribution in [0.15, 0.2) is 72.8 Å². The van der Waals surface area contributed by atoms with Gasteiger partial charge in [-0.3, -0.25) is 10.6 Å². The number of benzene rings is 5. The van der Waals surface area contributed by atoms with Crippen molar-refractivity contribution in [2.24, 2.45) is 29.1 Å². The number of methoxy groups -OCH3 is 1. The van der Waals surface area contributed by atoms with E-state index in [2.05, 4.69) is 22.5 Å². The summed E-state index contributed by atoms with van der Waals surface area (Å²) in [4.78, 5) is 0. The molecule has 4 heterocycles. The summed E-state index contributed by atoms with van der Waals surface area (Å²) in [6.07, 6.45) is 13.4. The molecular formula is C66H78N2O11. The van der Waals surface area contributed by atoms with Crippen LogP contribution in [-0.2, 0) is 22.3 Å². The number of phenolic OH excluding ortho intramolecular Hbond substituents is 3. The molecule has 2 bridgehead atoms. The number of nitrogens with one attached hydrogen (secondary N) is 2. The monoisotopic (exact) mass is 1070 g/mol. The molecule has 79 heavy (non-hydrogen) atoms. The average molecular weight is 1080 g/mol. The number of phenols is 3. The molecule has 10 unspecified atom stereocenters. The van der Waals surface area contributed by atoms with Gasteiger partial charge < -0.3 is 54.0 Å². The Morgan fingerprint density at radius 3 is 2.47 bits per heavy atom. The molecule has 1 saturated heterocycles. The molecule has 4 aliphatic carbocycles. The Hall–Kier alpha value is -5.72. The van der Waals surface area contributed by atoms with Gasteiger partial charge in [0.25, 0.3) is 0 Å². The Labute approximate surface area is 464 Å². The highest BCUT2D eigenvalue weighted by Gasteiger charge is 2.63. The zero-order valence-corrected chi connectivity index (χ0v) is 45.9. The first kappa shape index (κ1) is 52.6. The zero-order chi connectivity index (χ0) is 54.0. The van der Waals surface area contributed by atoms with Crippen molar-refractivity contribution in [3.63, 3.8) is 0 Å². The second-order valence-corrected chi connectivity index (χ2v) is 24.7. The molecule has 0 amide bonds. The highest BCUT2D eigenvalue weighted by molar-refractivity contribution is 5.96. The van der Waals surface area contributed by atoms with Crippen LogP contribution in [0.2, 0.25) is 0 Å². The van der Waals surface area contributed by atoms with Crippen LogP contribution < -0.4 is 29.6 Å². The van der Waals surface area contributed by atoms with Crippen LogP contribution in [0.4, 0.5) is 0 Å². The van der Waals surface area contributed by atoms with Crippen LogP contribution >= 0.6 is 0 Å². The minimum atomic E-state index is -1.07. The summed E-state index contributed by atoms with van der Waals surface area (Å²) in [6, 6.07) is 22.4. The van der Waals surface area contributed by atoms with Crippen molar-refractivity contribution in [2.45, 2.75) is 158 Å². The predicted octanol–water partition coefficient (Wildman–Crippen LogP) is 10.9. The number of aryl methyl sites for hydroxylation is 1. The zero-order valence-electron chi connectivity index (χ0n) is 45.9. The smallest absolute Gasteiger partial charge is 0.149 e. The van der Waals surface area contributed by atoms with Crippen LogP contribution in [0.25, 0.3) is 21.9 Å². The van der Waals surface area contributed by atoms with Gasteiger partial charge in [-0.2, -0.15) is 0 Å². The van der Waals surface area contributed by atoms with Gasteiger partial charge in [0.1, 0.15) is 53.0 Å². The average Bonchev–Trinajstić information content (AvgIpc) is 4.44. The molecule has 5 aromatic rings. The molecule has 13 heteroatoms. The van der Waals surface area contributed by atoms with Crippen molar-refractivity contribution in [2.75, 3.05) is 40.1 Å². The Balaban J connectivity index is 0.952. The highest BCUT2D eigenvalue weighted by Crippen LogP contribution is 2.60. The van der Waals surface area contributed by atoms with Gasteiger partial charge in [-0.25, -0.2) is 0 Å². The van der Waals surface area contributed by atoms with Gasteiger partial charge in [0.15, 0.2) is 0 Å². The fourth-order valence-corrected chi connectivity index (χ4v) is 16.2. The van der Waals surface area contributed by atoms with Crippen molar-refractivity contribution >= 4 is 10.8 Å². The maximum absolute atomic E-state index is 13.5. The molecule has 418 valence electrons. The summed E-state index contributed by atoms with van der Waals surface area (Å²) in [5.74, 6) is 8.58. The second kappa shape index (κ2) is 21.3. The number of aliphatic hydroxyl groups excluding tert-OH is 2. The third-order valence-electron chi connectivity index (χ3n) is 20.0. The molecule has 4 saturated carbocycles. The van der Waals surface area contributed by atoms with Crippen LogP contribution in [-0.4, -0.2) is 95.1 Å². The van der Waals surface area contributed by atoms with Crippen molar-refractivity contribution in [3.8, 4) is 63.2 Å². The first-order valence-electron chi connectivity index (χ1n) is 29.6. The molecule has 13 rings (SSSR count). The van der Waals surface area contributed by atoms with Gasteiger partial charge in [-0.15, -0.1) is 0 Å². The fraction of sp³-hybridized carbons (Fsp3) is 0.545. The van der Waals surface area contributed by atoms with E-state index >= 15 is 0 Å². The van der Waals surface area contributed by atoms with E-state index < -0.39 is 41.8 Å². The Morgan fingerprint density at radius 1 is 0.810 bits per heavy atom. The van der Waals surface area contributed by atoms with E-state index in [0.717, 1.165) is 90.1 Å². The number of ether oxygens (including phenoxy) is 6. The first-order valence-corrected chi connectivity index (χ1v) is 29.6. The summed E-state index contributed by atoms with van der Waals surface area (Å²) in [7, 11) is 1.71. The summed E-state index contributed by atoms with van der Waals surface area (Å²) < 4.78 is 41.9. The van der Waals surface area contributed by atoms with Gasteiger partial charge >= 0.3 is 0 Å². The van der Waals surface area contributed by atoms with Crippen molar-refractivity contribution in [1.82, 2.24) is 10.6 Å². The van der Waals surface area contributed by atoms with Gasteiger partial charge in [0.2, 0.25) is 0 Å². The van der Waals surface area contributed by atoms with E-state index in [1.807, 2.05) is 55.5 Å². The first-order chi connectivity index (χ1) is 38.5. The minimum absolute atomic E-state index is 0.0349. The number of aromatic hydroxyl groups is 3. The summed E-state index contributed by atoms with van der Waals surface area (Å²) in [5.41, 5.74) is 4.97. The number of aliphatic hydroxyl groups is 2. The van der Waals surface area contributed by atoms with Gasteiger partial charge in [-0.05, 0) is 178 Å². The van der Waals surface area contributed by atoms with Crippen molar-refractivity contribution < 1.29 is 54.0 Å². The van der Waals surface area contributed by atoms with Gasteiger partial charge in [0, 0.05) is 78.5 Å². The maximum Gasteiger partial charge on any atom is 0.149 e. The lowest BCUT2D eigenvalue weighted by Gasteiger charge is -2.55. The van der Waals surface area contributed by atoms with E-state index in [0.29, 0.717) is 78.2 Å². The molecule has 8 aliphatic rings. The topological polar surface area (TPSA) is 181 Å². The van der Waals surface area contributed by atoms with Gasteiger partial charge in [0.05, 0.1) is 48.1 Å². The lowest BCUT2D eigenvalue weighted by atomic mass is 9.71. The van der Waals surface area contributed by atoms with Crippen LogP contribution in [0.3, 0.4) is 0 Å². The predicted molar refractivity (Wildman–Crippen MR) is 301 cm³/mol. The lowest BCUT2D eigenvalue weighted by molar-refractivity contribution is -0.167. The van der Waals surface area contributed by atoms with Gasteiger partial charge in [-0.1, -0.05) is 43.7 Å². The third-order valence-corrected chi connectivity index (χ3v) is 20.0. The van der Waals surface area contributed by atoms with E-state index in [9.17, 15) is 25.5 Å². The van der Waals surface area contributed by atoms with Crippen LogP contribution in [0.1, 0.15) is 143 Å². The highest BCUT2D eigenvalue weighted by atomic mass is 16.5. The molecule has 5 aromatic carbocycles. The molecule has 0 radical (unpaired) electrons. The largest absolute Gasteiger partial charge is 0.508 e. The van der Waals surface area contributed by atoms with E-state index in [4.69, 9.17) is 28.4 Å². The number of fused-ring (bicyclic) bond motifs is 5. The fourth-order valence-electron chi connectivity index (χ4n) is 16.2. The summed E-state index contributed by atoms with van der Waals surface area (Å²) in [6.45, 7) is 3.41. The molecule has 10 atom stereocenters. The van der Waals surface area contributed by atoms with Crippen molar-refractivity contribution in [3.05, 3.63) is 101 Å². The second-order valence-electron chi connectivity index (χ2n) is 24.7. The minimum Gasteiger partial charge on any atom is -0.508 e. The molecule has 4 aliphatic heterocycles. The SMILES string of the molecule is CCc1cc(-c2cccc(O)c2)c(Cc2cc(OC3CCCC3)cc3c2OCC(C2C(CCCOC)Oc4c5cc(c6cc(O)ccc46)OCC#CC4CNC6(CCC7(CCCC7)C6)NC46CCC(CO)C6OC52)C3O)cc1O. The quantitative estimate of drug-likeness (QED) is 0.0464. The molecule has 7 N–H and O–H groups in total. The van der Waals surface area contributed by atoms with Crippen LogP contribution in [0.5, 0.6) is 40.2 Å².